The molecule has 0 aromatic carbocycles. The second kappa shape index (κ2) is 9.86. The third-order valence-electron chi connectivity index (χ3n) is 2.90. The molecule has 1 N–H and O–H groups in total. The molecule has 0 bridgehead atoms. The van der Waals surface area contributed by atoms with Crippen LogP contribution in [0.25, 0.3) is 0 Å². The van der Waals surface area contributed by atoms with E-state index in [1.807, 2.05) is 23.3 Å². The molecule has 2 rings (SSSR count). The van der Waals surface area contributed by atoms with Crippen LogP contribution in [0, 0.1) is 0 Å². The van der Waals surface area contributed by atoms with Crippen LogP contribution < -0.4 is 5.32 Å². The molecule has 120 valence electrons. The molecular formula is C15H22N4S3. The van der Waals surface area contributed by atoms with Gasteiger partial charge < -0.3 is 10.2 Å². The first kappa shape index (κ1) is 17.3. The number of hydrogen-bond acceptors (Lipinski definition) is 5. The van der Waals surface area contributed by atoms with Gasteiger partial charge in [0.1, 0.15) is 4.34 Å². The Labute approximate surface area is 144 Å². The predicted molar refractivity (Wildman–Crippen MR) is 99.2 cm³/mol. The molecule has 2 heterocycles. The number of hydrogen-bond donors (Lipinski definition) is 1. The van der Waals surface area contributed by atoms with Gasteiger partial charge in [-0.1, -0.05) is 11.8 Å². The highest BCUT2D eigenvalue weighted by Gasteiger charge is 2.06. The normalized spacial score (nSPS) is 11.6. The minimum absolute atomic E-state index is 0.842. The Balaban J connectivity index is 1.76. The SMILES string of the molecule is CCNC(=NCCCSc1nccs1)N(C)Cc1ccsc1. The number of aliphatic imine (C=N–C) groups is 1. The van der Waals surface area contributed by atoms with E-state index in [-0.39, 0.29) is 0 Å². The molecule has 0 fully saturated rings. The quantitative estimate of drug-likeness (QED) is 0.339. The average molecular weight is 355 g/mol. The summed E-state index contributed by atoms with van der Waals surface area (Å²) in [5.41, 5.74) is 1.33. The standard InChI is InChI=1S/C15H22N4S3/c1-3-16-14(19(2)11-13-5-9-20-12-13)17-6-4-8-21-15-18-7-10-22-15/h5,7,9-10,12H,3-4,6,8,11H2,1-2H3,(H,16,17). The van der Waals surface area contributed by atoms with Gasteiger partial charge >= 0.3 is 0 Å². The molecule has 0 spiro atoms. The highest BCUT2D eigenvalue weighted by atomic mass is 32.2. The second-order valence-electron chi connectivity index (χ2n) is 4.72. The minimum Gasteiger partial charge on any atom is -0.357 e. The lowest BCUT2D eigenvalue weighted by molar-refractivity contribution is 0.477. The Morgan fingerprint density at radius 2 is 2.36 bits per heavy atom. The molecule has 0 unspecified atom stereocenters. The number of aromatic nitrogens is 1. The fourth-order valence-electron chi connectivity index (χ4n) is 1.89. The number of nitrogens with zero attached hydrogens (tertiary/aromatic N) is 3. The lowest BCUT2D eigenvalue weighted by atomic mass is 10.3. The van der Waals surface area contributed by atoms with Crippen molar-refractivity contribution in [2.45, 2.75) is 24.2 Å². The highest BCUT2D eigenvalue weighted by Crippen LogP contribution is 2.20. The molecule has 0 amide bonds. The van der Waals surface area contributed by atoms with Gasteiger partial charge in [-0.3, -0.25) is 4.99 Å². The molecule has 0 aliphatic carbocycles. The van der Waals surface area contributed by atoms with Gasteiger partial charge in [0.2, 0.25) is 0 Å². The van der Waals surface area contributed by atoms with E-state index in [0.29, 0.717) is 0 Å². The molecule has 0 radical (unpaired) electrons. The maximum Gasteiger partial charge on any atom is 0.193 e. The maximum absolute atomic E-state index is 4.72. The Hall–Kier alpha value is -1.05. The fourth-order valence-corrected chi connectivity index (χ4v) is 4.18. The van der Waals surface area contributed by atoms with Crippen molar-refractivity contribution in [1.29, 1.82) is 0 Å². The van der Waals surface area contributed by atoms with Crippen LogP contribution >= 0.6 is 34.4 Å². The summed E-state index contributed by atoms with van der Waals surface area (Å²) in [6.07, 6.45) is 2.92. The van der Waals surface area contributed by atoms with Crippen molar-refractivity contribution in [2.75, 3.05) is 25.9 Å². The smallest absolute Gasteiger partial charge is 0.193 e. The molecule has 4 nitrogen and oxygen atoms in total. The number of rotatable bonds is 8. The van der Waals surface area contributed by atoms with Gasteiger partial charge in [-0.25, -0.2) is 4.98 Å². The van der Waals surface area contributed by atoms with Crippen molar-refractivity contribution in [3.8, 4) is 0 Å². The van der Waals surface area contributed by atoms with E-state index in [0.717, 1.165) is 42.1 Å². The van der Waals surface area contributed by atoms with Crippen molar-refractivity contribution in [1.82, 2.24) is 15.2 Å². The lowest BCUT2D eigenvalue weighted by Crippen LogP contribution is -2.38. The highest BCUT2D eigenvalue weighted by molar-refractivity contribution is 8.00. The number of nitrogens with one attached hydrogen (secondary N) is 1. The van der Waals surface area contributed by atoms with Gasteiger partial charge in [-0.05, 0) is 35.7 Å². The van der Waals surface area contributed by atoms with E-state index in [1.54, 1.807) is 22.7 Å². The summed E-state index contributed by atoms with van der Waals surface area (Å²) in [5.74, 6) is 2.04. The number of thiophene rings is 1. The number of thiazole rings is 1. The molecule has 0 saturated carbocycles. The Morgan fingerprint density at radius 3 is 3.05 bits per heavy atom. The summed E-state index contributed by atoms with van der Waals surface area (Å²) < 4.78 is 1.14. The number of thioether (sulfide) groups is 1. The Bertz CT molecular complexity index is 537. The molecule has 2 aromatic heterocycles. The molecule has 0 saturated heterocycles. The molecule has 22 heavy (non-hydrogen) atoms. The minimum atomic E-state index is 0.842. The van der Waals surface area contributed by atoms with Crippen LogP contribution in [0.15, 0.2) is 37.7 Å². The molecule has 7 heteroatoms. The summed E-state index contributed by atoms with van der Waals surface area (Å²) >= 11 is 5.24. The van der Waals surface area contributed by atoms with Gasteiger partial charge in [-0.15, -0.1) is 11.3 Å². The largest absolute Gasteiger partial charge is 0.357 e. The molecule has 0 aliphatic heterocycles. The number of guanidine groups is 1. The van der Waals surface area contributed by atoms with E-state index in [9.17, 15) is 0 Å². The van der Waals surface area contributed by atoms with Crippen LogP contribution in [0.5, 0.6) is 0 Å². The van der Waals surface area contributed by atoms with Crippen molar-refractivity contribution in [3.63, 3.8) is 0 Å². The van der Waals surface area contributed by atoms with Crippen molar-refractivity contribution >= 4 is 40.4 Å². The molecule has 0 aliphatic rings. The summed E-state index contributed by atoms with van der Waals surface area (Å²) in [6, 6.07) is 2.16. The first-order valence-corrected chi connectivity index (χ1v) is 10.1. The van der Waals surface area contributed by atoms with E-state index >= 15 is 0 Å². The van der Waals surface area contributed by atoms with E-state index < -0.39 is 0 Å². The third kappa shape index (κ3) is 5.98. The zero-order chi connectivity index (χ0) is 15.6. The zero-order valence-corrected chi connectivity index (χ0v) is 15.4. The van der Waals surface area contributed by atoms with Crippen molar-refractivity contribution in [2.24, 2.45) is 4.99 Å². The summed E-state index contributed by atoms with van der Waals surface area (Å²) in [5, 5.41) is 9.68. The van der Waals surface area contributed by atoms with Gasteiger partial charge in [-0.2, -0.15) is 11.3 Å². The van der Waals surface area contributed by atoms with Crippen molar-refractivity contribution in [3.05, 3.63) is 34.0 Å². The fraction of sp³-hybridized carbons (Fsp3) is 0.467. The Morgan fingerprint density at radius 1 is 1.45 bits per heavy atom. The first-order valence-electron chi connectivity index (χ1n) is 7.32. The van der Waals surface area contributed by atoms with Crippen LogP contribution in [-0.4, -0.2) is 41.7 Å². The predicted octanol–water partition coefficient (Wildman–Crippen LogP) is 3.78. The van der Waals surface area contributed by atoms with E-state index in [4.69, 9.17) is 4.99 Å². The lowest BCUT2D eigenvalue weighted by Gasteiger charge is -2.21. The van der Waals surface area contributed by atoms with Crippen LogP contribution in [-0.2, 0) is 6.54 Å². The molecule has 0 atom stereocenters. The van der Waals surface area contributed by atoms with Gasteiger partial charge in [0.15, 0.2) is 5.96 Å². The van der Waals surface area contributed by atoms with E-state index in [1.165, 1.54) is 5.56 Å². The molecule has 2 aromatic rings. The van der Waals surface area contributed by atoms with Crippen LogP contribution in [0.3, 0.4) is 0 Å². The monoisotopic (exact) mass is 354 g/mol. The van der Waals surface area contributed by atoms with Gasteiger partial charge in [0.25, 0.3) is 0 Å². The first-order chi connectivity index (χ1) is 10.8. The van der Waals surface area contributed by atoms with E-state index in [2.05, 4.69) is 46.0 Å². The molecular weight excluding hydrogens is 332 g/mol. The summed E-state index contributed by atoms with van der Waals surface area (Å²) in [7, 11) is 2.09. The summed E-state index contributed by atoms with van der Waals surface area (Å²) in [4.78, 5) is 11.2. The van der Waals surface area contributed by atoms with Crippen LogP contribution in [0.1, 0.15) is 18.9 Å². The van der Waals surface area contributed by atoms with Gasteiger partial charge in [0.05, 0.1) is 0 Å². The van der Waals surface area contributed by atoms with Crippen LogP contribution in [0.2, 0.25) is 0 Å². The average Bonchev–Trinajstić information content (AvgIpc) is 3.19. The second-order valence-corrected chi connectivity index (χ2v) is 7.74. The maximum atomic E-state index is 4.72. The van der Waals surface area contributed by atoms with Crippen molar-refractivity contribution < 1.29 is 0 Å². The van der Waals surface area contributed by atoms with Gasteiger partial charge in [0, 0.05) is 44.0 Å². The van der Waals surface area contributed by atoms with Crippen LogP contribution in [0.4, 0.5) is 0 Å². The summed E-state index contributed by atoms with van der Waals surface area (Å²) in [6.45, 7) is 4.73. The topological polar surface area (TPSA) is 40.5 Å². The zero-order valence-electron chi connectivity index (χ0n) is 13.0. The Kier molecular flexibility index (Phi) is 7.76. The third-order valence-corrected chi connectivity index (χ3v) is 5.68.